The zero-order valence-electron chi connectivity index (χ0n) is 49.6. The van der Waals surface area contributed by atoms with Crippen molar-refractivity contribution < 1.29 is 193 Å². The Balaban J connectivity index is 1.10. The first-order valence-electron chi connectivity index (χ1n) is 29.3. The predicted molar refractivity (Wildman–Crippen MR) is 284 cm³/mol. The SMILES string of the molecule is CC(=O)N[C@H]1[C@H](O[C@H]2[C@@H](O)[C@@H](CO)O[C@@H](O[C@H]3[C@H](O)[C@@H](NC(C)=O)[C@H](O[C@H]4[C@@H](O)[C@@H](CO)O[C@@H](O[C@H]5[C@H](O)[C@@H](O)C(O)O[C@@H]5CO)[C@@H]4O)O[C@@H]3CO)[C@@H]2O)O[C@H](CO)[C@@H](O[C@@H]2O[C@H](CO)[C@H](O)[C@H](O[C@]3(C(=O)O)C[C@H](O)[C@@H](NC(C)=O)[C@H]([C@H](O)[C@H](O)CO)O3)[C@H]2O)[C@@H]1O. The summed E-state index contributed by atoms with van der Waals surface area (Å²) < 4.78 is 74.5. The van der Waals surface area contributed by atoms with E-state index in [1.165, 1.54) is 0 Å². The van der Waals surface area contributed by atoms with E-state index in [4.69, 9.17) is 61.6 Å². The van der Waals surface area contributed by atoms with E-state index < -0.39 is 297 Å². The Morgan fingerprint density at radius 3 is 1.12 bits per heavy atom. The van der Waals surface area contributed by atoms with E-state index in [0.29, 0.717) is 0 Å². The lowest BCUT2D eigenvalue weighted by molar-refractivity contribution is -0.391. The Bertz CT molecular complexity index is 2420. The quantitative estimate of drug-likeness (QED) is 0.0404. The number of carboxylic acid groups (broad SMARTS) is 1. The van der Waals surface area contributed by atoms with Crippen molar-refractivity contribution in [3.05, 3.63) is 0 Å². The summed E-state index contributed by atoms with van der Waals surface area (Å²) in [5, 5.41) is 246. The summed E-state index contributed by atoms with van der Waals surface area (Å²) in [4.78, 5) is 50.7. The Hall–Kier alpha value is -3.48. The maximum Gasteiger partial charge on any atom is 0.364 e. The number of carboxylic acids is 1. The van der Waals surface area contributed by atoms with Crippen molar-refractivity contribution in [2.45, 2.75) is 248 Å². The van der Waals surface area contributed by atoms with Gasteiger partial charge in [0.2, 0.25) is 17.7 Å². The van der Waals surface area contributed by atoms with Gasteiger partial charge >= 0.3 is 5.97 Å². The molecule has 538 valence electrons. The molecule has 7 aliphatic rings. The van der Waals surface area contributed by atoms with E-state index in [2.05, 4.69) is 16.0 Å². The van der Waals surface area contributed by atoms with E-state index in [1.807, 2.05) is 0 Å². The number of amides is 3. The molecule has 42 nitrogen and oxygen atoms in total. The van der Waals surface area contributed by atoms with Crippen molar-refractivity contribution in [2.24, 2.45) is 0 Å². The third-order valence-corrected chi connectivity index (χ3v) is 16.7. The van der Waals surface area contributed by atoms with Gasteiger partial charge in [-0.2, -0.15) is 0 Å². The molecule has 0 saturated carbocycles. The Morgan fingerprint density at radius 1 is 0.419 bits per heavy atom. The van der Waals surface area contributed by atoms with Gasteiger partial charge in [-0.05, 0) is 0 Å². The number of hydrogen-bond donors (Lipinski definition) is 25. The standard InChI is InChI=1S/C51H85N3O39/c1-12(62)52-23-15(65)4-51(50(79)80,92-40(23)26(67)16(66)5-55)93-43-29(70)19(8-58)84-49(36(43)77)88-38-22(11-61)86-46(25(31(38)72)54-14(3)64)90-41-27(68)17(6-56)82-47(34(41)75)87-37-21(10-60)85-45(24(30(37)71)53-13(2)63)91-42-28(69)18(7-57)83-48(35(42)76)89-39-20(9-59)81-44(78)33(74)32(39)73/h15-49,55-61,65-78H,4-11H2,1-3H3,(H,52,62)(H,53,63)(H,54,64)(H,79,80)/t15-,16+,17+,18+,19+,20+,21+,22+,23+,24+,25+,26+,27-,28-,29-,30+,31+,32+,33+,34+,35+,36+,37+,38+,39+,40+,41-,42-,43-,44?,45-,46-,47-,48-,49-,51-/m0/s1. The highest BCUT2D eigenvalue weighted by Crippen LogP contribution is 2.41. The molecular formula is C51H85N3O39. The number of nitrogens with one attached hydrogen (secondary N) is 3. The van der Waals surface area contributed by atoms with Crippen LogP contribution in [0.5, 0.6) is 0 Å². The molecule has 0 aromatic heterocycles. The molecular weight excluding hydrogens is 1280 g/mol. The van der Waals surface area contributed by atoms with Crippen LogP contribution < -0.4 is 16.0 Å². The molecule has 0 radical (unpaired) electrons. The average molecular weight is 1360 g/mol. The number of hydrogen-bond acceptors (Lipinski definition) is 38. The summed E-state index contributed by atoms with van der Waals surface area (Å²) in [7, 11) is 0. The van der Waals surface area contributed by atoms with E-state index in [0.717, 1.165) is 20.8 Å². The van der Waals surface area contributed by atoms with Gasteiger partial charge < -0.3 is 190 Å². The minimum atomic E-state index is -3.23. The summed E-state index contributed by atoms with van der Waals surface area (Å²) in [5.74, 6) is -8.04. The monoisotopic (exact) mass is 1360 g/mol. The molecule has 3 amide bonds. The molecule has 1 unspecified atom stereocenters. The molecule has 7 fully saturated rings. The Kier molecular flexibility index (Phi) is 27.2. The normalized spacial score (nSPS) is 47.2. The maximum atomic E-state index is 13.1. The first kappa shape index (κ1) is 76.9. The molecule has 7 saturated heterocycles. The van der Waals surface area contributed by atoms with Crippen molar-refractivity contribution in [1.82, 2.24) is 16.0 Å². The summed E-state index contributed by atoms with van der Waals surface area (Å²) in [5.41, 5.74) is 0. The van der Waals surface area contributed by atoms with Crippen LogP contribution in [0, 0.1) is 0 Å². The second-order valence-electron chi connectivity index (χ2n) is 23.2. The number of carbonyl (C=O) groups excluding carboxylic acids is 3. The van der Waals surface area contributed by atoms with Crippen molar-refractivity contribution >= 4 is 23.7 Å². The van der Waals surface area contributed by atoms with Crippen molar-refractivity contribution in [3.63, 3.8) is 0 Å². The van der Waals surface area contributed by atoms with Gasteiger partial charge in [-0.25, -0.2) is 4.79 Å². The number of rotatable bonds is 25. The van der Waals surface area contributed by atoms with Crippen LogP contribution in [0.1, 0.15) is 27.2 Å². The highest BCUT2D eigenvalue weighted by atomic mass is 16.8. The summed E-state index contributed by atoms with van der Waals surface area (Å²) in [6.07, 6.45) is -67.1. The second kappa shape index (κ2) is 32.9. The average Bonchev–Trinajstić information content (AvgIpc) is 0.888. The summed E-state index contributed by atoms with van der Waals surface area (Å²) in [6.45, 7) is -4.82. The third-order valence-electron chi connectivity index (χ3n) is 16.7. The lowest BCUT2D eigenvalue weighted by atomic mass is 9.88. The minimum Gasteiger partial charge on any atom is -0.477 e. The molecule has 25 N–H and O–H groups in total. The fourth-order valence-electron chi connectivity index (χ4n) is 11.9. The molecule has 93 heavy (non-hydrogen) atoms. The van der Waals surface area contributed by atoms with Gasteiger partial charge in [-0.1, -0.05) is 0 Å². The van der Waals surface area contributed by atoms with Crippen LogP contribution in [0.3, 0.4) is 0 Å². The van der Waals surface area contributed by atoms with Crippen molar-refractivity contribution in [2.75, 3.05) is 46.2 Å². The number of ether oxygens (including phenoxy) is 13. The zero-order valence-corrected chi connectivity index (χ0v) is 49.6. The van der Waals surface area contributed by atoms with Crippen molar-refractivity contribution in [1.29, 1.82) is 0 Å². The molecule has 0 aromatic rings. The summed E-state index contributed by atoms with van der Waals surface area (Å²) in [6, 6.07) is -5.50. The van der Waals surface area contributed by atoms with Crippen LogP contribution in [-0.2, 0) is 80.8 Å². The third kappa shape index (κ3) is 16.6. The molecule has 0 aliphatic carbocycles. The smallest absolute Gasteiger partial charge is 0.364 e. The number of carbonyl (C=O) groups is 4. The molecule has 7 aliphatic heterocycles. The first-order chi connectivity index (χ1) is 43.8. The van der Waals surface area contributed by atoms with Gasteiger partial charge in [-0.3, -0.25) is 14.4 Å². The molecule has 0 bridgehead atoms. The fraction of sp³-hybridized carbons (Fsp3) is 0.922. The van der Waals surface area contributed by atoms with E-state index in [1.54, 1.807) is 0 Å². The molecule has 0 aromatic carbocycles. The van der Waals surface area contributed by atoms with E-state index in [-0.39, 0.29) is 0 Å². The lowest BCUT2D eigenvalue weighted by Gasteiger charge is -2.51. The number of aliphatic hydroxyl groups excluding tert-OH is 21. The molecule has 36 atom stereocenters. The van der Waals surface area contributed by atoms with Gasteiger partial charge in [0.15, 0.2) is 37.7 Å². The first-order valence-corrected chi connectivity index (χ1v) is 29.3. The van der Waals surface area contributed by atoms with Gasteiger partial charge in [0.05, 0.1) is 58.4 Å². The largest absolute Gasteiger partial charge is 0.477 e. The van der Waals surface area contributed by atoms with Gasteiger partial charge in [-0.15, -0.1) is 0 Å². The van der Waals surface area contributed by atoms with Crippen LogP contribution in [0.25, 0.3) is 0 Å². The lowest BCUT2D eigenvalue weighted by Crippen LogP contribution is -2.71. The summed E-state index contributed by atoms with van der Waals surface area (Å²) >= 11 is 0. The fourth-order valence-corrected chi connectivity index (χ4v) is 11.9. The molecule has 7 rings (SSSR count). The molecule has 0 spiro atoms. The van der Waals surface area contributed by atoms with E-state index >= 15 is 0 Å². The van der Waals surface area contributed by atoms with Crippen molar-refractivity contribution in [3.8, 4) is 0 Å². The van der Waals surface area contributed by atoms with Crippen LogP contribution in [-0.4, -0.2) is 403 Å². The van der Waals surface area contributed by atoms with Crippen LogP contribution >= 0.6 is 0 Å². The van der Waals surface area contributed by atoms with Gasteiger partial charge in [0, 0.05) is 27.2 Å². The van der Waals surface area contributed by atoms with Crippen LogP contribution in [0.15, 0.2) is 0 Å². The van der Waals surface area contributed by atoms with Gasteiger partial charge in [0.25, 0.3) is 5.79 Å². The Labute approximate surface area is 525 Å². The van der Waals surface area contributed by atoms with Gasteiger partial charge in [0.1, 0.15) is 165 Å². The number of aliphatic hydroxyl groups is 21. The maximum absolute atomic E-state index is 13.1. The topological polar surface area (TPSA) is 669 Å². The van der Waals surface area contributed by atoms with Crippen LogP contribution in [0.4, 0.5) is 0 Å². The predicted octanol–water partition coefficient (Wildman–Crippen LogP) is -16.6. The zero-order chi connectivity index (χ0) is 69.0. The molecule has 7 heterocycles. The van der Waals surface area contributed by atoms with E-state index in [9.17, 15) is 132 Å². The molecule has 42 heteroatoms. The highest BCUT2D eigenvalue weighted by molar-refractivity contribution is 5.77. The number of aliphatic carboxylic acids is 1. The second-order valence-corrected chi connectivity index (χ2v) is 23.2. The highest BCUT2D eigenvalue weighted by Gasteiger charge is 2.62. The Morgan fingerprint density at radius 2 is 0.753 bits per heavy atom. The minimum absolute atomic E-state index is 0.843. The van der Waals surface area contributed by atoms with Crippen LogP contribution in [0.2, 0.25) is 0 Å².